The zero-order chi connectivity index (χ0) is 23.5. The molecule has 4 atom stereocenters. The first-order chi connectivity index (χ1) is 16.6. The van der Waals surface area contributed by atoms with E-state index >= 15 is 0 Å². The molecular formula is C25H23N5O4. The molecule has 5 rings (SSSR count). The van der Waals surface area contributed by atoms with Gasteiger partial charge >= 0.3 is 0 Å². The molecule has 2 saturated heterocycles. The second-order valence-electron chi connectivity index (χ2n) is 8.11. The summed E-state index contributed by atoms with van der Waals surface area (Å²) in [7, 11) is 1.58. The number of benzene rings is 2. The Morgan fingerprint density at radius 2 is 1.85 bits per heavy atom. The van der Waals surface area contributed by atoms with Crippen molar-refractivity contribution in [2.45, 2.75) is 24.3 Å². The largest absolute Gasteiger partial charge is 0.497 e. The zero-order valence-corrected chi connectivity index (χ0v) is 18.5. The summed E-state index contributed by atoms with van der Waals surface area (Å²) >= 11 is 0. The monoisotopic (exact) mass is 457 g/mol. The maximum absolute atomic E-state index is 12.7. The van der Waals surface area contributed by atoms with Crippen molar-refractivity contribution in [2.24, 2.45) is 0 Å². The highest BCUT2D eigenvalue weighted by molar-refractivity contribution is 5.94. The Labute approximate surface area is 196 Å². The number of aromatic nitrogens is 2. The van der Waals surface area contributed by atoms with Crippen molar-refractivity contribution in [3.63, 3.8) is 0 Å². The molecule has 2 aromatic carbocycles. The number of nitriles is 1. The van der Waals surface area contributed by atoms with Crippen molar-refractivity contribution < 1.29 is 19.0 Å². The lowest BCUT2D eigenvalue weighted by atomic mass is 10.1. The first-order valence-corrected chi connectivity index (χ1v) is 10.9. The van der Waals surface area contributed by atoms with Gasteiger partial charge < -0.3 is 24.8 Å². The average Bonchev–Trinajstić information content (AvgIpc) is 3.47. The summed E-state index contributed by atoms with van der Waals surface area (Å²) in [5.74, 6) is 0.953. The lowest BCUT2D eigenvalue weighted by Gasteiger charge is -2.18. The number of methoxy groups -OCH3 is 1. The van der Waals surface area contributed by atoms with Gasteiger partial charge in [-0.05, 0) is 42.5 Å². The molecule has 1 aromatic heterocycles. The number of ether oxygens (including phenoxy) is 3. The van der Waals surface area contributed by atoms with Crippen LogP contribution in [0.25, 0.3) is 11.3 Å². The van der Waals surface area contributed by atoms with E-state index in [2.05, 4.69) is 26.7 Å². The third-order valence-corrected chi connectivity index (χ3v) is 5.98. The van der Waals surface area contributed by atoms with E-state index in [4.69, 9.17) is 19.5 Å². The molecule has 2 aliphatic rings. The fourth-order valence-corrected chi connectivity index (χ4v) is 4.24. The molecule has 0 bridgehead atoms. The molecule has 34 heavy (non-hydrogen) atoms. The molecule has 2 aliphatic heterocycles. The number of nitrogens with one attached hydrogen (secondary N) is 2. The SMILES string of the molecule is COc1ccc(C(=O)N[C@H]2CO[C@H]3[C@@H]2OC[C@@H]3Nc2nccc(-c3cccc(C#N)c3)n2)cc1. The highest BCUT2D eigenvalue weighted by Crippen LogP contribution is 2.29. The van der Waals surface area contributed by atoms with Crippen LogP contribution in [0.5, 0.6) is 5.75 Å². The lowest BCUT2D eigenvalue weighted by Crippen LogP contribution is -2.44. The lowest BCUT2D eigenvalue weighted by molar-refractivity contribution is 0.0652. The van der Waals surface area contributed by atoms with Gasteiger partial charge in [-0.1, -0.05) is 12.1 Å². The van der Waals surface area contributed by atoms with Crippen molar-refractivity contribution >= 4 is 11.9 Å². The van der Waals surface area contributed by atoms with Crippen molar-refractivity contribution in [3.05, 3.63) is 71.9 Å². The van der Waals surface area contributed by atoms with E-state index in [1.54, 1.807) is 55.8 Å². The number of carbonyl (C=O) groups excluding carboxylic acids is 1. The smallest absolute Gasteiger partial charge is 0.251 e. The summed E-state index contributed by atoms with van der Waals surface area (Å²) < 4.78 is 17.1. The first-order valence-electron chi connectivity index (χ1n) is 10.9. The molecular weight excluding hydrogens is 434 g/mol. The summed E-state index contributed by atoms with van der Waals surface area (Å²) in [6.07, 6.45) is 1.16. The number of nitrogens with zero attached hydrogens (tertiary/aromatic N) is 3. The third kappa shape index (κ3) is 4.41. The van der Waals surface area contributed by atoms with Crippen molar-refractivity contribution in [1.82, 2.24) is 15.3 Å². The van der Waals surface area contributed by atoms with Crippen LogP contribution in [0.2, 0.25) is 0 Å². The van der Waals surface area contributed by atoms with Gasteiger partial charge in [0, 0.05) is 17.3 Å². The normalized spacial score (nSPS) is 23.1. The average molecular weight is 457 g/mol. The Bertz CT molecular complexity index is 1230. The molecule has 3 heterocycles. The van der Waals surface area contributed by atoms with Crippen molar-refractivity contribution in [2.75, 3.05) is 25.6 Å². The van der Waals surface area contributed by atoms with Crippen LogP contribution in [0.15, 0.2) is 60.8 Å². The van der Waals surface area contributed by atoms with Crippen LogP contribution in [0.1, 0.15) is 15.9 Å². The number of hydrogen-bond donors (Lipinski definition) is 2. The van der Waals surface area contributed by atoms with Gasteiger partial charge in [0.2, 0.25) is 5.95 Å². The maximum Gasteiger partial charge on any atom is 0.251 e. The van der Waals surface area contributed by atoms with E-state index < -0.39 is 0 Å². The second-order valence-corrected chi connectivity index (χ2v) is 8.11. The van der Waals surface area contributed by atoms with Crippen LogP contribution in [0, 0.1) is 11.3 Å². The fourth-order valence-electron chi connectivity index (χ4n) is 4.24. The van der Waals surface area contributed by atoms with E-state index in [1.807, 2.05) is 12.1 Å². The molecule has 0 spiro atoms. The minimum atomic E-state index is -0.268. The maximum atomic E-state index is 12.7. The van der Waals surface area contributed by atoms with Crippen LogP contribution in [-0.4, -0.2) is 60.5 Å². The summed E-state index contributed by atoms with van der Waals surface area (Å²) in [6.45, 7) is 0.763. The first kappa shape index (κ1) is 21.8. The molecule has 172 valence electrons. The molecule has 9 heteroatoms. The minimum absolute atomic E-state index is 0.159. The molecule has 0 saturated carbocycles. The Hall–Kier alpha value is -4.00. The topological polar surface area (TPSA) is 118 Å². The third-order valence-electron chi connectivity index (χ3n) is 5.98. The standard InChI is InChI=1S/C25H23N5O4/c1-32-18-7-5-16(6-8-18)24(31)28-20-13-33-23-21(14-34-22(20)23)30-25-27-10-9-19(29-25)17-4-2-3-15(11-17)12-26/h2-11,20-23H,13-14H2,1H3,(H,28,31)(H,27,29,30)/t20-,21-,22+,23+/m0/s1. The number of amides is 1. The van der Waals surface area contributed by atoms with Gasteiger partial charge in [-0.2, -0.15) is 5.26 Å². The Balaban J connectivity index is 1.23. The zero-order valence-electron chi connectivity index (χ0n) is 18.5. The molecule has 0 aliphatic carbocycles. The van der Waals surface area contributed by atoms with Crippen LogP contribution in [0.4, 0.5) is 5.95 Å². The van der Waals surface area contributed by atoms with E-state index in [-0.39, 0.29) is 30.2 Å². The highest BCUT2D eigenvalue weighted by atomic mass is 16.6. The van der Waals surface area contributed by atoms with Gasteiger partial charge in [0.15, 0.2) is 0 Å². The van der Waals surface area contributed by atoms with E-state index in [0.29, 0.717) is 41.7 Å². The van der Waals surface area contributed by atoms with Crippen LogP contribution >= 0.6 is 0 Å². The molecule has 0 radical (unpaired) electrons. The number of fused-ring (bicyclic) bond motifs is 1. The molecule has 3 aromatic rings. The van der Waals surface area contributed by atoms with Gasteiger partial charge in [0.05, 0.1) is 49.7 Å². The van der Waals surface area contributed by atoms with E-state index in [1.165, 1.54) is 0 Å². The van der Waals surface area contributed by atoms with Gasteiger partial charge in [-0.3, -0.25) is 4.79 Å². The van der Waals surface area contributed by atoms with Crippen LogP contribution in [0.3, 0.4) is 0 Å². The van der Waals surface area contributed by atoms with Gasteiger partial charge in [-0.15, -0.1) is 0 Å². The summed E-state index contributed by atoms with van der Waals surface area (Å²) in [6, 6.07) is 17.7. The van der Waals surface area contributed by atoms with Gasteiger partial charge in [0.25, 0.3) is 5.91 Å². The molecule has 2 N–H and O–H groups in total. The van der Waals surface area contributed by atoms with Crippen molar-refractivity contribution in [3.8, 4) is 23.1 Å². The number of rotatable bonds is 6. The van der Waals surface area contributed by atoms with Crippen molar-refractivity contribution in [1.29, 1.82) is 5.26 Å². The Morgan fingerprint density at radius 3 is 2.62 bits per heavy atom. The molecule has 9 nitrogen and oxygen atoms in total. The molecule has 0 unspecified atom stereocenters. The minimum Gasteiger partial charge on any atom is -0.497 e. The Kier molecular flexibility index (Phi) is 6.08. The number of carbonyl (C=O) groups is 1. The van der Waals surface area contributed by atoms with E-state index in [0.717, 1.165) is 5.56 Å². The summed E-state index contributed by atoms with van der Waals surface area (Å²) in [5.41, 5.74) is 2.66. The van der Waals surface area contributed by atoms with Crippen LogP contribution in [-0.2, 0) is 9.47 Å². The highest BCUT2D eigenvalue weighted by Gasteiger charge is 2.48. The predicted molar refractivity (Wildman–Crippen MR) is 123 cm³/mol. The van der Waals surface area contributed by atoms with Crippen LogP contribution < -0.4 is 15.4 Å². The predicted octanol–water partition coefficient (Wildman–Crippen LogP) is 2.40. The van der Waals surface area contributed by atoms with E-state index in [9.17, 15) is 4.79 Å². The second kappa shape index (κ2) is 9.47. The number of anilines is 1. The number of hydrogen-bond acceptors (Lipinski definition) is 8. The Morgan fingerprint density at radius 1 is 1.09 bits per heavy atom. The fraction of sp³-hybridized carbons (Fsp3) is 0.280. The summed E-state index contributed by atoms with van der Waals surface area (Å²) in [5, 5.41) is 15.5. The molecule has 2 fully saturated rings. The van der Waals surface area contributed by atoms with Gasteiger partial charge in [0.1, 0.15) is 18.0 Å². The molecule has 1 amide bonds. The summed E-state index contributed by atoms with van der Waals surface area (Å²) in [4.78, 5) is 21.6. The van der Waals surface area contributed by atoms with Gasteiger partial charge in [-0.25, -0.2) is 9.97 Å². The quantitative estimate of drug-likeness (QED) is 0.579.